The highest BCUT2D eigenvalue weighted by Gasteiger charge is 2.32. The van der Waals surface area contributed by atoms with Crippen LogP contribution < -0.4 is 10.6 Å². The molecular weight excluding hydrogens is 320 g/mol. The van der Waals surface area contributed by atoms with E-state index in [1.807, 2.05) is 30.3 Å². The second-order valence-electron chi connectivity index (χ2n) is 6.67. The Balaban J connectivity index is 2.08. The molecule has 0 radical (unpaired) electrons. The fourth-order valence-electron chi connectivity index (χ4n) is 3.41. The molecule has 0 bridgehead atoms. The number of rotatable bonds is 7. The monoisotopic (exact) mass is 346 g/mol. The predicted octanol–water partition coefficient (Wildman–Crippen LogP) is 1.88. The maximum absolute atomic E-state index is 12.7. The molecule has 2 rings (SSSR count). The first-order chi connectivity index (χ1) is 12.0. The van der Waals surface area contributed by atoms with Crippen molar-refractivity contribution in [3.05, 3.63) is 35.9 Å². The zero-order valence-corrected chi connectivity index (χ0v) is 14.5. The van der Waals surface area contributed by atoms with E-state index in [1.165, 1.54) is 6.92 Å². The first-order valence-corrected chi connectivity index (χ1v) is 8.81. The quantitative estimate of drug-likeness (QED) is 0.702. The van der Waals surface area contributed by atoms with Gasteiger partial charge in [-0.05, 0) is 24.3 Å². The molecular formula is C19H26N2O4. The van der Waals surface area contributed by atoms with Gasteiger partial charge in [-0.15, -0.1) is 0 Å². The Morgan fingerprint density at radius 1 is 1.08 bits per heavy atom. The molecule has 136 valence electrons. The molecule has 1 aromatic carbocycles. The summed E-state index contributed by atoms with van der Waals surface area (Å²) in [6.07, 6.45) is 5.02. The van der Waals surface area contributed by atoms with Gasteiger partial charge in [0.05, 0.1) is 0 Å². The first-order valence-electron chi connectivity index (χ1n) is 8.81. The zero-order valence-electron chi connectivity index (χ0n) is 14.5. The van der Waals surface area contributed by atoms with E-state index in [4.69, 9.17) is 0 Å². The average molecular weight is 346 g/mol. The van der Waals surface area contributed by atoms with Gasteiger partial charge in [0.25, 0.3) is 0 Å². The molecule has 0 spiro atoms. The summed E-state index contributed by atoms with van der Waals surface area (Å²) in [4.78, 5) is 35.7. The lowest BCUT2D eigenvalue weighted by atomic mass is 9.83. The average Bonchev–Trinajstić information content (AvgIpc) is 2.60. The number of aliphatic carboxylic acids is 1. The molecule has 0 heterocycles. The third-order valence-electron chi connectivity index (χ3n) is 4.66. The zero-order chi connectivity index (χ0) is 18.2. The Morgan fingerprint density at radius 2 is 1.72 bits per heavy atom. The van der Waals surface area contributed by atoms with Crippen LogP contribution in [0.25, 0.3) is 0 Å². The Kier molecular flexibility index (Phi) is 6.98. The van der Waals surface area contributed by atoms with Crippen LogP contribution in [-0.4, -0.2) is 35.0 Å². The highest BCUT2D eigenvalue weighted by atomic mass is 16.4. The summed E-state index contributed by atoms with van der Waals surface area (Å²) in [7, 11) is 0. The first kappa shape index (κ1) is 19.0. The van der Waals surface area contributed by atoms with E-state index in [2.05, 4.69) is 10.6 Å². The molecule has 0 aliphatic heterocycles. The minimum Gasteiger partial charge on any atom is -0.480 e. The van der Waals surface area contributed by atoms with E-state index in [0.29, 0.717) is 6.42 Å². The van der Waals surface area contributed by atoms with Crippen LogP contribution in [0.5, 0.6) is 0 Å². The van der Waals surface area contributed by atoms with Gasteiger partial charge in [0.15, 0.2) is 0 Å². The second-order valence-corrected chi connectivity index (χ2v) is 6.67. The van der Waals surface area contributed by atoms with Crippen molar-refractivity contribution < 1.29 is 19.5 Å². The third-order valence-corrected chi connectivity index (χ3v) is 4.66. The largest absolute Gasteiger partial charge is 0.480 e. The number of hydrogen-bond donors (Lipinski definition) is 3. The summed E-state index contributed by atoms with van der Waals surface area (Å²) in [6, 6.07) is 7.65. The van der Waals surface area contributed by atoms with Crippen molar-refractivity contribution >= 4 is 17.8 Å². The van der Waals surface area contributed by atoms with Crippen molar-refractivity contribution in [3.63, 3.8) is 0 Å². The fraction of sp³-hybridized carbons (Fsp3) is 0.526. The van der Waals surface area contributed by atoms with Crippen molar-refractivity contribution in [2.45, 2.75) is 57.5 Å². The van der Waals surface area contributed by atoms with Crippen LogP contribution in [0, 0.1) is 5.92 Å². The van der Waals surface area contributed by atoms with Gasteiger partial charge in [-0.1, -0.05) is 49.6 Å². The number of amides is 2. The number of carboxylic acids is 1. The minimum atomic E-state index is -1.01. The van der Waals surface area contributed by atoms with Crippen LogP contribution in [0.1, 0.15) is 44.6 Å². The Bertz CT molecular complexity index is 597. The van der Waals surface area contributed by atoms with Crippen LogP contribution in [0.3, 0.4) is 0 Å². The molecule has 1 saturated carbocycles. The molecule has 0 aromatic heterocycles. The number of carbonyl (C=O) groups is 3. The van der Waals surface area contributed by atoms with E-state index in [-0.39, 0.29) is 11.8 Å². The van der Waals surface area contributed by atoms with Crippen LogP contribution >= 0.6 is 0 Å². The van der Waals surface area contributed by atoms with Gasteiger partial charge in [0.1, 0.15) is 12.1 Å². The van der Waals surface area contributed by atoms with E-state index >= 15 is 0 Å². The number of nitrogens with one attached hydrogen (secondary N) is 2. The van der Waals surface area contributed by atoms with Gasteiger partial charge in [-0.25, -0.2) is 4.79 Å². The summed E-state index contributed by atoms with van der Waals surface area (Å²) < 4.78 is 0. The minimum absolute atomic E-state index is 0.0510. The van der Waals surface area contributed by atoms with Gasteiger partial charge in [0.2, 0.25) is 11.8 Å². The summed E-state index contributed by atoms with van der Waals surface area (Å²) in [5, 5.41) is 14.8. The van der Waals surface area contributed by atoms with Crippen molar-refractivity contribution in [1.29, 1.82) is 0 Å². The summed E-state index contributed by atoms with van der Waals surface area (Å²) >= 11 is 0. The van der Waals surface area contributed by atoms with E-state index in [0.717, 1.165) is 37.7 Å². The highest BCUT2D eigenvalue weighted by molar-refractivity contribution is 5.90. The molecule has 0 saturated heterocycles. The molecule has 1 aliphatic rings. The smallest absolute Gasteiger partial charge is 0.326 e. The van der Waals surface area contributed by atoms with Crippen LogP contribution in [0.4, 0.5) is 0 Å². The number of carbonyl (C=O) groups excluding carboxylic acids is 2. The van der Waals surface area contributed by atoms with Gasteiger partial charge in [-0.3, -0.25) is 9.59 Å². The maximum atomic E-state index is 12.7. The number of carboxylic acid groups (broad SMARTS) is 1. The SMILES string of the molecule is CC(=O)N[C@H](Cc1ccccc1)C(=O)N[C@H](C(=O)O)C1CCCCC1. The number of benzene rings is 1. The third kappa shape index (κ3) is 5.89. The van der Waals surface area contributed by atoms with Crippen LogP contribution in [-0.2, 0) is 20.8 Å². The molecule has 25 heavy (non-hydrogen) atoms. The van der Waals surface area contributed by atoms with Gasteiger partial charge < -0.3 is 15.7 Å². The summed E-state index contributed by atoms with van der Waals surface area (Å²) in [6.45, 7) is 1.35. The molecule has 6 nitrogen and oxygen atoms in total. The van der Waals surface area contributed by atoms with Gasteiger partial charge in [-0.2, -0.15) is 0 Å². The second kappa shape index (κ2) is 9.20. The predicted molar refractivity (Wildman–Crippen MR) is 93.9 cm³/mol. The number of hydrogen-bond acceptors (Lipinski definition) is 3. The van der Waals surface area contributed by atoms with Crippen molar-refractivity contribution in [3.8, 4) is 0 Å². The highest BCUT2D eigenvalue weighted by Crippen LogP contribution is 2.26. The van der Waals surface area contributed by atoms with E-state index < -0.39 is 24.0 Å². The van der Waals surface area contributed by atoms with E-state index in [9.17, 15) is 19.5 Å². The van der Waals surface area contributed by atoms with Crippen molar-refractivity contribution in [1.82, 2.24) is 10.6 Å². The molecule has 1 aliphatic carbocycles. The normalized spacial score (nSPS) is 17.3. The van der Waals surface area contributed by atoms with Crippen molar-refractivity contribution in [2.24, 2.45) is 5.92 Å². The molecule has 2 amide bonds. The molecule has 1 aromatic rings. The molecule has 3 N–H and O–H groups in total. The molecule has 1 fully saturated rings. The summed E-state index contributed by atoms with van der Waals surface area (Å²) in [5.74, 6) is -1.83. The van der Waals surface area contributed by atoms with Gasteiger partial charge in [0, 0.05) is 13.3 Å². The van der Waals surface area contributed by atoms with Crippen LogP contribution in [0.15, 0.2) is 30.3 Å². The van der Waals surface area contributed by atoms with E-state index in [1.54, 1.807) is 0 Å². The van der Waals surface area contributed by atoms with Gasteiger partial charge >= 0.3 is 5.97 Å². The Morgan fingerprint density at radius 3 is 2.28 bits per heavy atom. The standard InChI is InChI=1S/C19H26N2O4/c1-13(22)20-16(12-14-8-4-2-5-9-14)18(23)21-17(19(24)25)15-10-6-3-7-11-15/h2,4-5,8-9,15-17H,3,6-7,10-12H2,1H3,(H,20,22)(H,21,23)(H,24,25)/t16-,17+/m1/s1. The summed E-state index contributed by atoms with van der Waals surface area (Å²) in [5.41, 5.74) is 0.904. The van der Waals surface area contributed by atoms with Crippen LogP contribution in [0.2, 0.25) is 0 Å². The Hall–Kier alpha value is -2.37. The Labute approximate surface area is 148 Å². The molecule has 2 atom stereocenters. The lowest BCUT2D eigenvalue weighted by Crippen LogP contribution is -2.54. The lowest BCUT2D eigenvalue weighted by Gasteiger charge is -2.29. The lowest BCUT2D eigenvalue weighted by molar-refractivity contribution is -0.144. The molecule has 6 heteroatoms. The maximum Gasteiger partial charge on any atom is 0.326 e. The fourth-order valence-corrected chi connectivity index (χ4v) is 3.41. The topological polar surface area (TPSA) is 95.5 Å². The molecule has 0 unspecified atom stereocenters. The van der Waals surface area contributed by atoms with Crippen molar-refractivity contribution in [2.75, 3.05) is 0 Å².